The van der Waals surface area contributed by atoms with Crippen LogP contribution in [-0.4, -0.2) is 17.7 Å². The summed E-state index contributed by atoms with van der Waals surface area (Å²) >= 11 is 0. The lowest BCUT2D eigenvalue weighted by molar-refractivity contribution is 0.252. The van der Waals surface area contributed by atoms with Gasteiger partial charge in [0.1, 0.15) is 5.76 Å². The molecule has 2 amide bonds. The predicted octanol–water partition coefficient (Wildman–Crippen LogP) is 2.66. The molecular weight excluding hydrogens is 242 g/mol. The van der Waals surface area contributed by atoms with Crippen molar-refractivity contribution in [2.24, 2.45) is 0 Å². The van der Waals surface area contributed by atoms with Gasteiger partial charge in [-0.15, -0.1) is 0 Å². The number of rotatable bonds is 4. The van der Waals surface area contributed by atoms with Crippen molar-refractivity contribution in [2.75, 3.05) is 11.9 Å². The lowest BCUT2D eigenvalue weighted by atomic mass is 10.2. The number of anilines is 1. The van der Waals surface area contributed by atoms with Gasteiger partial charge in [-0.1, -0.05) is 17.3 Å². The molecular formula is C14H17N3O2. The first kappa shape index (κ1) is 13.1. The summed E-state index contributed by atoms with van der Waals surface area (Å²) in [7, 11) is 0. The Labute approximate surface area is 112 Å². The van der Waals surface area contributed by atoms with Crippen LogP contribution in [0.2, 0.25) is 0 Å². The number of hydrogen-bond donors (Lipinski definition) is 2. The second kappa shape index (κ2) is 6.04. The van der Waals surface area contributed by atoms with Crippen LogP contribution in [0.25, 0.3) is 0 Å². The molecule has 1 aromatic heterocycles. The van der Waals surface area contributed by atoms with Crippen molar-refractivity contribution >= 4 is 11.7 Å². The van der Waals surface area contributed by atoms with Gasteiger partial charge in [0.25, 0.3) is 0 Å². The highest BCUT2D eigenvalue weighted by Gasteiger charge is 2.03. The maximum Gasteiger partial charge on any atom is 0.319 e. The third-order valence-electron chi connectivity index (χ3n) is 2.61. The van der Waals surface area contributed by atoms with Gasteiger partial charge in [0.15, 0.2) is 0 Å². The zero-order chi connectivity index (χ0) is 13.7. The van der Waals surface area contributed by atoms with Crippen LogP contribution < -0.4 is 10.6 Å². The van der Waals surface area contributed by atoms with E-state index in [1.54, 1.807) is 0 Å². The minimum atomic E-state index is -0.221. The smallest absolute Gasteiger partial charge is 0.319 e. The van der Waals surface area contributed by atoms with E-state index in [9.17, 15) is 4.79 Å². The highest BCUT2D eigenvalue weighted by Crippen LogP contribution is 2.09. The van der Waals surface area contributed by atoms with Crippen molar-refractivity contribution < 1.29 is 9.32 Å². The molecule has 1 aromatic carbocycles. The Kier molecular flexibility index (Phi) is 4.18. The number of carbonyl (C=O) groups is 1. The Morgan fingerprint density at radius 2 is 2.16 bits per heavy atom. The SMILES string of the molecule is Cc1cccc(NC(=O)NCCc2cc(C)no2)c1. The summed E-state index contributed by atoms with van der Waals surface area (Å²) in [5.74, 6) is 0.772. The molecule has 0 atom stereocenters. The Bertz CT molecular complexity index is 563. The molecule has 0 aliphatic carbocycles. The Balaban J connectivity index is 1.76. The number of urea groups is 1. The fraction of sp³-hybridized carbons (Fsp3) is 0.286. The van der Waals surface area contributed by atoms with E-state index in [1.807, 2.05) is 44.2 Å². The average molecular weight is 259 g/mol. The van der Waals surface area contributed by atoms with E-state index in [0.717, 1.165) is 22.7 Å². The molecule has 0 unspecified atom stereocenters. The fourth-order valence-corrected chi connectivity index (χ4v) is 1.73. The van der Waals surface area contributed by atoms with E-state index in [0.29, 0.717) is 13.0 Å². The number of amides is 2. The van der Waals surface area contributed by atoms with E-state index >= 15 is 0 Å². The lowest BCUT2D eigenvalue weighted by Crippen LogP contribution is -2.30. The summed E-state index contributed by atoms with van der Waals surface area (Å²) in [5, 5.41) is 9.34. The molecule has 0 saturated carbocycles. The van der Waals surface area contributed by atoms with Gasteiger partial charge in [0, 0.05) is 24.7 Å². The quantitative estimate of drug-likeness (QED) is 0.887. The van der Waals surface area contributed by atoms with Gasteiger partial charge in [-0.05, 0) is 31.5 Å². The van der Waals surface area contributed by atoms with Gasteiger partial charge in [-0.25, -0.2) is 4.79 Å². The number of hydrogen-bond acceptors (Lipinski definition) is 3. The first-order valence-corrected chi connectivity index (χ1v) is 6.17. The molecule has 5 heteroatoms. The topological polar surface area (TPSA) is 67.2 Å². The lowest BCUT2D eigenvalue weighted by Gasteiger charge is -2.07. The van der Waals surface area contributed by atoms with Crippen molar-refractivity contribution in [3.05, 3.63) is 47.3 Å². The molecule has 0 aliphatic heterocycles. The van der Waals surface area contributed by atoms with E-state index in [4.69, 9.17) is 4.52 Å². The summed E-state index contributed by atoms with van der Waals surface area (Å²) in [6.45, 7) is 4.35. The van der Waals surface area contributed by atoms with Crippen molar-refractivity contribution in [2.45, 2.75) is 20.3 Å². The molecule has 19 heavy (non-hydrogen) atoms. The Morgan fingerprint density at radius 1 is 1.32 bits per heavy atom. The molecule has 100 valence electrons. The van der Waals surface area contributed by atoms with Gasteiger partial charge in [-0.3, -0.25) is 0 Å². The minimum absolute atomic E-state index is 0.221. The van der Waals surface area contributed by atoms with Crippen LogP contribution in [0.4, 0.5) is 10.5 Å². The highest BCUT2D eigenvalue weighted by molar-refractivity contribution is 5.89. The number of aromatic nitrogens is 1. The number of benzene rings is 1. The fourth-order valence-electron chi connectivity index (χ4n) is 1.73. The minimum Gasteiger partial charge on any atom is -0.361 e. The van der Waals surface area contributed by atoms with Crippen molar-refractivity contribution in [1.82, 2.24) is 10.5 Å². The monoisotopic (exact) mass is 259 g/mol. The van der Waals surface area contributed by atoms with Gasteiger partial charge < -0.3 is 15.2 Å². The molecule has 2 N–H and O–H groups in total. The van der Waals surface area contributed by atoms with Crippen LogP contribution >= 0.6 is 0 Å². The molecule has 0 radical (unpaired) electrons. The average Bonchev–Trinajstić information content (AvgIpc) is 2.75. The van der Waals surface area contributed by atoms with E-state index in [-0.39, 0.29) is 6.03 Å². The third-order valence-corrected chi connectivity index (χ3v) is 2.61. The molecule has 1 heterocycles. The molecule has 2 aromatic rings. The first-order chi connectivity index (χ1) is 9.13. The second-order valence-electron chi connectivity index (χ2n) is 4.43. The molecule has 0 aliphatic rings. The maximum atomic E-state index is 11.7. The zero-order valence-electron chi connectivity index (χ0n) is 11.1. The predicted molar refractivity (Wildman–Crippen MR) is 73.1 cm³/mol. The zero-order valence-corrected chi connectivity index (χ0v) is 11.1. The van der Waals surface area contributed by atoms with Crippen molar-refractivity contribution in [1.29, 1.82) is 0 Å². The standard InChI is InChI=1S/C14H17N3O2/c1-10-4-3-5-12(8-10)16-14(18)15-7-6-13-9-11(2)17-19-13/h3-5,8-9H,6-7H2,1-2H3,(H2,15,16,18). The van der Waals surface area contributed by atoms with Gasteiger partial charge >= 0.3 is 6.03 Å². The number of carbonyl (C=O) groups excluding carboxylic acids is 1. The summed E-state index contributed by atoms with van der Waals surface area (Å²) in [6.07, 6.45) is 0.627. The van der Waals surface area contributed by atoms with Gasteiger partial charge in [0.05, 0.1) is 5.69 Å². The normalized spacial score (nSPS) is 10.2. The molecule has 5 nitrogen and oxygen atoms in total. The Morgan fingerprint density at radius 3 is 2.84 bits per heavy atom. The molecule has 0 spiro atoms. The number of aryl methyl sites for hydroxylation is 2. The van der Waals surface area contributed by atoms with E-state index in [1.165, 1.54) is 0 Å². The first-order valence-electron chi connectivity index (χ1n) is 6.17. The maximum absolute atomic E-state index is 11.7. The largest absolute Gasteiger partial charge is 0.361 e. The summed E-state index contributed by atoms with van der Waals surface area (Å²) < 4.78 is 5.06. The Hall–Kier alpha value is -2.30. The second-order valence-corrected chi connectivity index (χ2v) is 4.43. The third kappa shape index (κ3) is 4.13. The van der Waals surface area contributed by atoms with Crippen LogP contribution in [0, 0.1) is 13.8 Å². The molecule has 2 rings (SSSR count). The van der Waals surface area contributed by atoms with Crippen molar-refractivity contribution in [3.63, 3.8) is 0 Å². The molecule has 0 saturated heterocycles. The number of nitrogens with zero attached hydrogens (tertiary/aromatic N) is 1. The summed E-state index contributed by atoms with van der Waals surface area (Å²) in [5.41, 5.74) is 2.74. The van der Waals surface area contributed by atoms with E-state index in [2.05, 4.69) is 15.8 Å². The van der Waals surface area contributed by atoms with Crippen LogP contribution in [0.15, 0.2) is 34.9 Å². The summed E-state index contributed by atoms with van der Waals surface area (Å²) in [4.78, 5) is 11.7. The van der Waals surface area contributed by atoms with Crippen LogP contribution in [0.1, 0.15) is 17.0 Å². The van der Waals surface area contributed by atoms with Crippen LogP contribution in [0.5, 0.6) is 0 Å². The van der Waals surface area contributed by atoms with Crippen LogP contribution in [-0.2, 0) is 6.42 Å². The van der Waals surface area contributed by atoms with Gasteiger partial charge in [-0.2, -0.15) is 0 Å². The number of nitrogens with one attached hydrogen (secondary N) is 2. The summed E-state index contributed by atoms with van der Waals surface area (Å²) in [6, 6.07) is 9.30. The molecule has 0 bridgehead atoms. The van der Waals surface area contributed by atoms with E-state index < -0.39 is 0 Å². The van der Waals surface area contributed by atoms with Crippen molar-refractivity contribution in [3.8, 4) is 0 Å². The van der Waals surface area contributed by atoms with Crippen LogP contribution in [0.3, 0.4) is 0 Å². The van der Waals surface area contributed by atoms with Gasteiger partial charge in [0.2, 0.25) is 0 Å². The highest BCUT2D eigenvalue weighted by atomic mass is 16.5. The molecule has 0 fully saturated rings.